The lowest BCUT2D eigenvalue weighted by atomic mass is 10.0. The molecule has 0 amide bonds. The molecule has 0 aromatic carbocycles. The Labute approximate surface area is 85.8 Å². The van der Waals surface area contributed by atoms with Crippen LogP contribution in [0.25, 0.3) is 0 Å². The van der Waals surface area contributed by atoms with E-state index in [2.05, 4.69) is 19.2 Å². The SMILES string of the molecule is CCSCCNCC1(C)CCCO1. The third-order valence-corrected chi connectivity index (χ3v) is 3.33. The number of thioether (sulfide) groups is 1. The van der Waals surface area contributed by atoms with Gasteiger partial charge in [-0.2, -0.15) is 11.8 Å². The molecule has 1 unspecified atom stereocenters. The highest BCUT2D eigenvalue weighted by Gasteiger charge is 2.28. The van der Waals surface area contributed by atoms with Crippen LogP contribution in [0.3, 0.4) is 0 Å². The van der Waals surface area contributed by atoms with Gasteiger partial charge < -0.3 is 10.1 Å². The number of ether oxygens (including phenoxy) is 1. The Balaban J connectivity index is 1.98. The molecule has 1 aliphatic heterocycles. The van der Waals surface area contributed by atoms with E-state index < -0.39 is 0 Å². The second-order valence-corrected chi connectivity index (χ2v) is 5.17. The first-order chi connectivity index (χ1) is 6.27. The lowest BCUT2D eigenvalue weighted by molar-refractivity contribution is 0.0214. The standard InChI is InChI=1S/C10H21NOS/c1-3-13-8-6-11-9-10(2)5-4-7-12-10/h11H,3-9H2,1-2H3. The molecule has 0 aromatic rings. The highest BCUT2D eigenvalue weighted by molar-refractivity contribution is 7.99. The summed E-state index contributed by atoms with van der Waals surface area (Å²) in [5.74, 6) is 2.43. The van der Waals surface area contributed by atoms with Crippen LogP contribution in [0.2, 0.25) is 0 Å². The monoisotopic (exact) mass is 203 g/mol. The molecule has 1 rings (SSSR count). The average Bonchev–Trinajstić information content (AvgIpc) is 2.53. The van der Waals surface area contributed by atoms with Crippen molar-refractivity contribution in [2.45, 2.75) is 32.3 Å². The fourth-order valence-electron chi connectivity index (χ4n) is 1.62. The number of hydrogen-bond donors (Lipinski definition) is 1. The van der Waals surface area contributed by atoms with Crippen molar-refractivity contribution >= 4 is 11.8 Å². The number of rotatable bonds is 6. The van der Waals surface area contributed by atoms with E-state index in [-0.39, 0.29) is 5.60 Å². The zero-order valence-electron chi connectivity index (χ0n) is 8.77. The minimum Gasteiger partial charge on any atom is -0.374 e. The maximum Gasteiger partial charge on any atom is 0.0779 e. The van der Waals surface area contributed by atoms with Gasteiger partial charge in [-0.05, 0) is 25.5 Å². The van der Waals surface area contributed by atoms with Gasteiger partial charge in [-0.1, -0.05) is 6.92 Å². The van der Waals surface area contributed by atoms with Crippen LogP contribution in [0.4, 0.5) is 0 Å². The lowest BCUT2D eigenvalue weighted by Gasteiger charge is -2.23. The van der Waals surface area contributed by atoms with Crippen molar-refractivity contribution in [1.29, 1.82) is 0 Å². The topological polar surface area (TPSA) is 21.3 Å². The van der Waals surface area contributed by atoms with Gasteiger partial charge in [0, 0.05) is 25.4 Å². The van der Waals surface area contributed by atoms with Gasteiger partial charge in [-0.3, -0.25) is 0 Å². The minimum atomic E-state index is 0.122. The predicted octanol–water partition coefficient (Wildman–Crippen LogP) is 1.90. The Morgan fingerprint density at radius 1 is 1.54 bits per heavy atom. The summed E-state index contributed by atoms with van der Waals surface area (Å²) in [6.45, 7) is 7.47. The molecule has 0 aliphatic carbocycles. The van der Waals surface area contributed by atoms with Gasteiger partial charge in [-0.25, -0.2) is 0 Å². The van der Waals surface area contributed by atoms with Crippen molar-refractivity contribution in [3.05, 3.63) is 0 Å². The predicted molar refractivity (Wildman–Crippen MR) is 59.5 cm³/mol. The van der Waals surface area contributed by atoms with Gasteiger partial charge in [0.2, 0.25) is 0 Å². The molecule has 1 atom stereocenters. The molecular formula is C10H21NOS. The molecule has 1 heterocycles. The summed E-state index contributed by atoms with van der Waals surface area (Å²) >= 11 is 1.99. The number of hydrogen-bond acceptors (Lipinski definition) is 3. The van der Waals surface area contributed by atoms with E-state index in [1.54, 1.807) is 0 Å². The first-order valence-corrected chi connectivity index (χ1v) is 6.35. The van der Waals surface area contributed by atoms with Crippen molar-refractivity contribution in [3.8, 4) is 0 Å². The molecule has 0 saturated carbocycles. The Morgan fingerprint density at radius 2 is 2.38 bits per heavy atom. The van der Waals surface area contributed by atoms with Crippen molar-refractivity contribution in [2.75, 3.05) is 31.2 Å². The molecule has 0 aromatic heterocycles. The molecule has 0 bridgehead atoms. The molecule has 1 saturated heterocycles. The van der Waals surface area contributed by atoms with Crippen molar-refractivity contribution in [3.63, 3.8) is 0 Å². The van der Waals surface area contributed by atoms with E-state index in [0.717, 1.165) is 19.7 Å². The van der Waals surface area contributed by atoms with Gasteiger partial charge in [0.05, 0.1) is 5.60 Å². The van der Waals surface area contributed by atoms with Gasteiger partial charge in [0.15, 0.2) is 0 Å². The Kier molecular flexibility index (Phi) is 5.14. The van der Waals surface area contributed by atoms with Gasteiger partial charge in [0.1, 0.15) is 0 Å². The van der Waals surface area contributed by atoms with Crippen LogP contribution < -0.4 is 5.32 Å². The van der Waals surface area contributed by atoms with E-state index >= 15 is 0 Å². The largest absolute Gasteiger partial charge is 0.374 e. The quantitative estimate of drug-likeness (QED) is 0.666. The summed E-state index contributed by atoms with van der Waals surface area (Å²) in [5.41, 5.74) is 0.122. The number of nitrogens with one attached hydrogen (secondary N) is 1. The summed E-state index contributed by atoms with van der Waals surface area (Å²) in [6.07, 6.45) is 2.43. The van der Waals surface area contributed by atoms with E-state index in [0.29, 0.717) is 0 Å². The summed E-state index contributed by atoms with van der Waals surface area (Å²) in [4.78, 5) is 0. The third-order valence-electron chi connectivity index (χ3n) is 2.43. The van der Waals surface area contributed by atoms with Gasteiger partial charge in [0.25, 0.3) is 0 Å². The molecule has 2 nitrogen and oxygen atoms in total. The van der Waals surface area contributed by atoms with Crippen LogP contribution in [0, 0.1) is 0 Å². The molecule has 3 heteroatoms. The van der Waals surface area contributed by atoms with Crippen LogP contribution in [0.15, 0.2) is 0 Å². The molecule has 78 valence electrons. The molecule has 1 fully saturated rings. The Hall–Kier alpha value is 0.270. The van der Waals surface area contributed by atoms with E-state index in [1.165, 1.54) is 24.3 Å². The zero-order chi connectivity index (χ0) is 9.57. The normalized spacial score (nSPS) is 28.2. The van der Waals surface area contributed by atoms with Crippen LogP contribution in [0.5, 0.6) is 0 Å². The summed E-state index contributed by atoms with van der Waals surface area (Å²) < 4.78 is 5.68. The molecule has 0 spiro atoms. The zero-order valence-corrected chi connectivity index (χ0v) is 9.58. The van der Waals surface area contributed by atoms with Gasteiger partial charge >= 0.3 is 0 Å². The summed E-state index contributed by atoms with van der Waals surface area (Å²) in [5, 5.41) is 3.46. The molecule has 1 aliphatic rings. The first-order valence-electron chi connectivity index (χ1n) is 5.19. The van der Waals surface area contributed by atoms with Crippen molar-refractivity contribution in [2.24, 2.45) is 0 Å². The van der Waals surface area contributed by atoms with Gasteiger partial charge in [-0.15, -0.1) is 0 Å². The maximum absolute atomic E-state index is 5.68. The van der Waals surface area contributed by atoms with Crippen LogP contribution in [-0.2, 0) is 4.74 Å². The second kappa shape index (κ2) is 5.89. The van der Waals surface area contributed by atoms with E-state index in [9.17, 15) is 0 Å². The summed E-state index contributed by atoms with van der Waals surface area (Å²) in [6, 6.07) is 0. The fourth-order valence-corrected chi connectivity index (χ4v) is 2.20. The van der Waals surface area contributed by atoms with E-state index in [4.69, 9.17) is 4.74 Å². The Morgan fingerprint density at radius 3 is 3.00 bits per heavy atom. The highest BCUT2D eigenvalue weighted by Crippen LogP contribution is 2.23. The molecule has 0 radical (unpaired) electrons. The average molecular weight is 203 g/mol. The first kappa shape index (κ1) is 11.3. The second-order valence-electron chi connectivity index (χ2n) is 3.78. The Bertz CT molecular complexity index is 135. The lowest BCUT2D eigenvalue weighted by Crippen LogP contribution is -2.38. The molecule has 1 N–H and O–H groups in total. The van der Waals surface area contributed by atoms with Crippen LogP contribution in [-0.4, -0.2) is 36.8 Å². The van der Waals surface area contributed by atoms with Crippen LogP contribution >= 0.6 is 11.8 Å². The molecular weight excluding hydrogens is 182 g/mol. The molecule has 13 heavy (non-hydrogen) atoms. The highest BCUT2D eigenvalue weighted by atomic mass is 32.2. The van der Waals surface area contributed by atoms with E-state index in [1.807, 2.05) is 11.8 Å². The minimum absolute atomic E-state index is 0.122. The smallest absolute Gasteiger partial charge is 0.0779 e. The third kappa shape index (κ3) is 4.34. The van der Waals surface area contributed by atoms with Crippen molar-refractivity contribution < 1.29 is 4.74 Å². The van der Waals surface area contributed by atoms with Crippen LogP contribution in [0.1, 0.15) is 26.7 Å². The fraction of sp³-hybridized carbons (Fsp3) is 1.00. The maximum atomic E-state index is 5.68. The van der Waals surface area contributed by atoms with Crippen molar-refractivity contribution in [1.82, 2.24) is 5.32 Å². The summed E-state index contributed by atoms with van der Waals surface area (Å²) in [7, 11) is 0.